The summed E-state index contributed by atoms with van der Waals surface area (Å²) in [6, 6.07) is 9.27. The molecule has 0 spiro atoms. The molecule has 5 aromatic rings. The molecule has 7 rings (SSSR count). The fourth-order valence-electron chi connectivity index (χ4n) is 5.30. The number of esters is 1. The van der Waals surface area contributed by atoms with E-state index in [4.69, 9.17) is 26.1 Å². The molecule has 2 saturated heterocycles. The molecule has 2 aliphatic rings. The van der Waals surface area contributed by atoms with Crippen LogP contribution in [0.2, 0.25) is 5.02 Å². The lowest BCUT2D eigenvalue weighted by Gasteiger charge is -2.26. The van der Waals surface area contributed by atoms with Gasteiger partial charge < -0.3 is 19.4 Å². The number of hydrogen-bond donors (Lipinski definition) is 1. The van der Waals surface area contributed by atoms with Crippen LogP contribution in [-0.4, -0.2) is 72.1 Å². The minimum atomic E-state index is -0.610. The van der Waals surface area contributed by atoms with Crippen molar-refractivity contribution in [3.8, 4) is 11.4 Å². The Labute approximate surface area is 240 Å². The number of carbonyl (C=O) groups is 2. The van der Waals surface area contributed by atoms with Gasteiger partial charge >= 0.3 is 5.97 Å². The average Bonchev–Trinajstić information content (AvgIpc) is 3.71. The van der Waals surface area contributed by atoms with E-state index in [0.29, 0.717) is 57.5 Å². The second-order valence-electron chi connectivity index (χ2n) is 9.53. The lowest BCUT2D eigenvalue weighted by Crippen LogP contribution is -2.44. The number of benzene rings is 2. The van der Waals surface area contributed by atoms with Crippen molar-refractivity contribution in [2.45, 2.75) is 29.3 Å². The van der Waals surface area contributed by atoms with Gasteiger partial charge in [-0.15, -0.1) is 0 Å². The normalized spacial score (nSPS) is 17.9. The number of halogens is 1. The third-order valence-electron chi connectivity index (χ3n) is 7.19. The first-order valence-corrected chi connectivity index (χ1v) is 14.0. The SMILES string of the molecule is COc1ccc(C(=O)N2C[C@H]3C[C@@H]2C(=O)O3)cc1-n1c(CSc2ncnc3nc[nH]c23)nc2cccc(Cl)c2c1=O. The van der Waals surface area contributed by atoms with E-state index in [1.807, 2.05) is 0 Å². The Hall–Kier alpha value is -4.49. The number of amides is 1. The summed E-state index contributed by atoms with van der Waals surface area (Å²) in [5, 5.41) is 1.12. The number of nitrogens with one attached hydrogen (secondary N) is 1. The van der Waals surface area contributed by atoms with Gasteiger partial charge in [0.15, 0.2) is 5.65 Å². The van der Waals surface area contributed by atoms with Crippen LogP contribution in [-0.2, 0) is 15.3 Å². The van der Waals surface area contributed by atoms with Crippen LogP contribution in [0.15, 0.2) is 58.9 Å². The van der Waals surface area contributed by atoms with E-state index in [9.17, 15) is 14.4 Å². The Morgan fingerprint density at radius 1 is 1.22 bits per heavy atom. The first-order chi connectivity index (χ1) is 19.9. The molecule has 2 aromatic carbocycles. The predicted molar refractivity (Wildman–Crippen MR) is 149 cm³/mol. The molecule has 1 amide bonds. The molecular weight excluding hydrogens is 570 g/mol. The monoisotopic (exact) mass is 589 g/mol. The number of ether oxygens (including phenoxy) is 2. The maximum atomic E-state index is 14.1. The second-order valence-corrected chi connectivity index (χ2v) is 10.9. The van der Waals surface area contributed by atoms with Gasteiger partial charge in [0, 0.05) is 12.0 Å². The maximum Gasteiger partial charge on any atom is 0.329 e. The summed E-state index contributed by atoms with van der Waals surface area (Å²) in [6.07, 6.45) is 3.14. The number of H-pyrrole nitrogens is 1. The van der Waals surface area contributed by atoms with Crippen molar-refractivity contribution in [2.75, 3.05) is 13.7 Å². The van der Waals surface area contributed by atoms with Crippen molar-refractivity contribution in [3.05, 3.63) is 75.8 Å². The fourth-order valence-corrected chi connectivity index (χ4v) is 6.43. The Kier molecular flexibility index (Phi) is 6.12. The summed E-state index contributed by atoms with van der Waals surface area (Å²) in [5.41, 5.74) is 1.80. The Morgan fingerprint density at radius 2 is 2.10 bits per heavy atom. The highest BCUT2D eigenvalue weighted by molar-refractivity contribution is 7.98. The molecule has 2 bridgehead atoms. The van der Waals surface area contributed by atoms with Gasteiger partial charge in [0.1, 0.15) is 40.6 Å². The van der Waals surface area contributed by atoms with Crippen molar-refractivity contribution in [1.82, 2.24) is 34.4 Å². The number of morpholine rings is 1. The standard InChI is InChI=1S/C27H20ClN7O5S/c1-39-19-6-5-13(25(36)34-9-14-8-18(34)27(38)40-14)7-17(19)35-20(33-16-4-2-3-15(28)21(16)26(35)37)10-41-24-22-23(30-11-29-22)31-12-32-24/h2-7,11-12,14,18H,8-10H2,1H3,(H,29,30,31,32)/t14-,18-/m1/s1. The summed E-state index contributed by atoms with van der Waals surface area (Å²) < 4.78 is 12.3. The van der Waals surface area contributed by atoms with Crippen LogP contribution in [0.3, 0.4) is 0 Å². The van der Waals surface area contributed by atoms with Crippen LogP contribution in [0.5, 0.6) is 5.75 Å². The molecule has 1 N–H and O–H groups in total. The molecule has 0 saturated carbocycles. The molecule has 12 nitrogen and oxygen atoms in total. The van der Waals surface area contributed by atoms with Crippen molar-refractivity contribution in [1.29, 1.82) is 0 Å². The molecular formula is C27H20ClN7O5S. The number of methoxy groups -OCH3 is 1. The van der Waals surface area contributed by atoms with Gasteiger partial charge in [0.05, 0.1) is 47.3 Å². The number of aromatic amines is 1. The number of carbonyl (C=O) groups excluding carboxylic acids is 2. The largest absolute Gasteiger partial charge is 0.495 e. The van der Waals surface area contributed by atoms with E-state index >= 15 is 0 Å². The molecule has 0 aliphatic carbocycles. The highest BCUT2D eigenvalue weighted by atomic mass is 35.5. The maximum absolute atomic E-state index is 14.1. The zero-order valence-electron chi connectivity index (χ0n) is 21.4. The molecule has 206 valence electrons. The van der Waals surface area contributed by atoms with E-state index in [1.54, 1.807) is 36.4 Å². The van der Waals surface area contributed by atoms with Crippen molar-refractivity contribution < 1.29 is 19.1 Å². The third kappa shape index (κ3) is 4.19. The number of hydrogen-bond acceptors (Lipinski definition) is 10. The number of thioether (sulfide) groups is 1. The molecule has 0 radical (unpaired) electrons. The summed E-state index contributed by atoms with van der Waals surface area (Å²) >= 11 is 7.81. The van der Waals surface area contributed by atoms with E-state index in [2.05, 4.69) is 19.9 Å². The molecule has 5 heterocycles. The van der Waals surface area contributed by atoms with Crippen LogP contribution in [0, 0.1) is 0 Å². The molecule has 0 unspecified atom stereocenters. The zero-order chi connectivity index (χ0) is 28.2. The minimum absolute atomic E-state index is 0.228. The van der Waals surface area contributed by atoms with Gasteiger partial charge in [0.2, 0.25) is 0 Å². The van der Waals surface area contributed by atoms with Crippen LogP contribution in [0.25, 0.3) is 27.8 Å². The topological polar surface area (TPSA) is 145 Å². The van der Waals surface area contributed by atoms with Crippen LogP contribution in [0.1, 0.15) is 22.6 Å². The van der Waals surface area contributed by atoms with Crippen molar-refractivity contribution in [2.24, 2.45) is 0 Å². The van der Waals surface area contributed by atoms with Gasteiger partial charge in [-0.2, -0.15) is 0 Å². The lowest BCUT2D eigenvalue weighted by atomic mass is 10.1. The molecule has 41 heavy (non-hydrogen) atoms. The Bertz CT molecular complexity index is 1940. The Balaban J connectivity index is 1.36. The van der Waals surface area contributed by atoms with Gasteiger partial charge in [0.25, 0.3) is 11.5 Å². The number of rotatable bonds is 6. The molecule has 2 atom stereocenters. The summed E-state index contributed by atoms with van der Waals surface area (Å²) in [6.45, 7) is 0.326. The Morgan fingerprint density at radius 3 is 2.90 bits per heavy atom. The average molecular weight is 590 g/mol. The van der Waals surface area contributed by atoms with Crippen LogP contribution < -0.4 is 10.3 Å². The summed E-state index contributed by atoms with van der Waals surface area (Å²) in [4.78, 5) is 61.8. The third-order valence-corrected chi connectivity index (χ3v) is 8.49. The second kappa shape index (κ2) is 9.85. The first-order valence-electron chi connectivity index (χ1n) is 12.6. The molecule has 3 aromatic heterocycles. The molecule has 2 aliphatic heterocycles. The number of aromatic nitrogens is 6. The lowest BCUT2D eigenvalue weighted by molar-refractivity contribution is -0.149. The number of imidazole rings is 1. The van der Waals surface area contributed by atoms with E-state index in [1.165, 1.54) is 41.0 Å². The quantitative estimate of drug-likeness (QED) is 0.178. The van der Waals surface area contributed by atoms with Gasteiger partial charge in [-0.05, 0) is 30.3 Å². The van der Waals surface area contributed by atoms with E-state index in [-0.39, 0.29) is 28.2 Å². The molecule has 2 fully saturated rings. The number of nitrogens with zero attached hydrogens (tertiary/aromatic N) is 6. The first kappa shape index (κ1) is 25.5. The van der Waals surface area contributed by atoms with E-state index < -0.39 is 17.6 Å². The van der Waals surface area contributed by atoms with Gasteiger partial charge in [-0.25, -0.2) is 24.7 Å². The summed E-state index contributed by atoms with van der Waals surface area (Å²) in [5.74, 6) is 0.224. The predicted octanol–water partition coefficient (Wildman–Crippen LogP) is 3.15. The van der Waals surface area contributed by atoms with Crippen LogP contribution in [0.4, 0.5) is 0 Å². The van der Waals surface area contributed by atoms with Crippen LogP contribution >= 0.6 is 23.4 Å². The smallest absolute Gasteiger partial charge is 0.329 e. The van der Waals surface area contributed by atoms with E-state index in [0.717, 1.165) is 0 Å². The highest BCUT2D eigenvalue weighted by Gasteiger charge is 2.48. The number of fused-ring (bicyclic) bond motifs is 4. The molecule has 14 heteroatoms. The van der Waals surface area contributed by atoms with Gasteiger partial charge in [-0.1, -0.05) is 29.4 Å². The van der Waals surface area contributed by atoms with Crippen molar-refractivity contribution in [3.63, 3.8) is 0 Å². The minimum Gasteiger partial charge on any atom is -0.495 e. The summed E-state index contributed by atoms with van der Waals surface area (Å²) in [7, 11) is 1.48. The fraction of sp³-hybridized carbons (Fsp3) is 0.222. The van der Waals surface area contributed by atoms with Gasteiger partial charge in [-0.3, -0.25) is 14.2 Å². The zero-order valence-corrected chi connectivity index (χ0v) is 23.0. The number of likely N-dealkylation sites (tertiary alicyclic amines) is 1. The highest BCUT2D eigenvalue weighted by Crippen LogP contribution is 2.33. The van der Waals surface area contributed by atoms with Crippen molar-refractivity contribution >= 4 is 57.3 Å².